The number of carbonyl (C=O) groups is 2. The van der Waals surface area contributed by atoms with Gasteiger partial charge in [0.15, 0.2) is 0 Å². The Morgan fingerprint density at radius 1 is 1.35 bits per heavy atom. The maximum atomic E-state index is 12.4. The molecule has 0 unspecified atom stereocenters. The predicted octanol–water partition coefficient (Wildman–Crippen LogP) is 2.78. The summed E-state index contributed by atoms with van der Waals surface area (Å²) in [7, 11) is 1.92. The van der Waals surface area contributed by atoms with E-state index in [9.17, 15) is 9.59 Å². The summed E-state index contributed by atoms with van der Waals surface area (Å²) in [5.41, 5.74) is 2.69. The molecule has 1 N–H and O–H groups in total. The monoisotopic (exact) mass is 334 g/mol. The normalized spacial score (nSPS) is 16.5. The SMILES string of the molecule is CC(=O)NCCCSCC(=O)N(C)[C@@H]1CCCc2ccccc21. The van der Waals surface area contributed by atoms with Crippen LogP contribution in [0.2, 0.25) is 0 Å². The van der Waals surface area contributed by atoms with Crippen molar-refractivity contribution in [2.24, 2.45) is 0 Å². The van der Waals surface area contributed by atoms with Crippen LogP contribution in [0, 0.1) is 0 Å². The van der Waals surface area contributed by atoms with Crippen molar-refractivity contribution in [1.29, 1.82) is 0 Å². The van der Waals surface area contributed by atoms with E-state index in [1.807, 2.05) is 11.9 Å². The summed E-state index contributed by atoms with van der Waals surface area (Å²) < 4.78 is 0. The summed E-state index contributed by atoms with van der Waals surface area (Å²) in [6.45, 7) is 2.20. The van der Waals surface area contributed by atoms with Gasteiger partial charge in [0.05, 0.1) is 11.8 Å². The minimum atomic E-state index is 0.00164. The first kappa shape index (κ1) is 17.9. The summed E-state index contributed by atoms with van der Waals surface area (Å²) in [6.07, 6.45) is 4.20. The van der Waals surface area contributed by atoms with Crippen LogP contribution in [0.4, 0.5) is 0 Å². The Labute approximate surface area is 143 Å². The van der Waals surface area contributed by atoms with Crippen LogP contribution in [0.3, 0.4) is 0 Å². The molecule has 0 saturated carbocycles. The number of hydrogen-bond donors (Lipinski definition) is 1. The molecule has 0 saturated heterocycles. The molecule has 2 rings (SSSR count). The van der Waals surface area contributed by atoms with E-state index in [0.717, 1.165) is 31.4 Å². The molecule has 23 heavy (non-hydrogen) atoms. The Hall–Kier alpha value is -1.49. The predicted molar refractivity (Wildman–Crippen MR) is 95.5 cm³/mol. The maximum Gasteiger partial charge on any atom is 0.232 e. The van der Waals surface area contributed by atoms with Crippen molar-refractivity contribution in [2.75, 3.05) is 25.1 Å². The van der Waals surface area contributed by atoms with Gasteiger partial charge in [-0.1, -0.05) is 24.3 Å². The fourth-order valence-electron chi connectivity index (χ4n) is 3.00. The Bertz CT molecular complexity index is 548. The Kier molecular flexibility index (Phi) is 6.96. The second-order valence-electron chi connectivity index (χ2n) is 6.00. The van der Waals surface area contributed by atoms with Crippen LogP contribution in [-0.2, 0) is 16.0 Å². The largest absolute Gasteiger partial charge is 0.356 e. The molecule has 4 nitrogen and oxygen atoms in total. The highest BCUT2D eigenvalue weighted by molar-refractivity contribution is 7.99. The van der Waals surface area contributed by atoms with Gasteiger partial charge in [-0.05, 0) is 42.6 Å². The molecule has 1 aromatic carbocycles. The fraction of sp³-hybridized carbons (Fsp3) is 0.556. The number of fused-ring (bicyclic) bond motifs is 1. The summed E-state index contributed by atoms with van der Waals surface area (Å²) in [5.74, 6) is 1.59. The zero-order valence-electron chi connectivity index (χ0n) is 14.0. The van der Waals surface area contributed by atoms with E-state index in [2.05, 4.69) is 29.6 Å². The number of rotatable bonds is 7. The number of aryl methyl sites for hydroxylation is 1. The van der Waals surface area contributed by atoms with E-state index >= 15 is 0 Å². The third-order valence-corrected chi connectivity index (χ3v) is 5.29. The molecular formula is C18H26N2O2S. The number of nitrogens with zero attached hydrogens (tertiary/aromatic N) is 1. The molecule has 0 radical (unpaired) electrons. The number of amides is 2. The Balaban J connectivity index is 1.78. The van der Waals surface area contributed by atoms with Crippen LogP contribution in [0.25, 0.3) is 0 Å². The van der Waals surface area contributed by atoms with Crippen LogP contribution >= 0.6 is 11.8 Å². The van der Waals surface area contributed by atoms with Gasteiger partial charge in [-0.15, -0.1) is 0 Å². The molecule has 0 fully saturated rings. The molecule has 0 aliphatic heterocycles. The fourth-order valence-corrected chi connectivity index (χ4v) is 3.88. The average Bonchev–Trinajstić information content (AvgIpc) is 2.56. The smallest absolute Gasteiger partial charge is 0.232 e. The van der Waals surface area contributed by atoms with E-state index in [4.69, 9.17) is 0 Å². The van der Waals surface area contributed by atoms with Crippen molar-refractivity contribution in [2.45, 2.75) is 38.6 Å². The first-order valence-corrected chi connectivity index (χ1v) is 9.40. The molecule has 0 heterocycles. The summed E-state index contributed by atoms with van der Waals surface area (Å²) in [4.78, 5) is 25.1. The van der Waals surface area contributed by atoms with Crippen molar-refractivity contribution < 1.29 is 9.59 Å². The van der Waals surface area contributed by atoms with E-state index in [1.54, 1.807) is 11.8 Å². The molecule has 0 bridgehead atoms. The summed E-state index contributed by atoms with van der Waals surface area (Å²) in [6, 6.07) is 8.69. The topological polar surface area (TPSA) is 49.4 Å². The van der Waals surface area contributed by atoms with Crippen LogP contribution in [0.15, 0.2) is 24.3 Å². The third kappa shape index (κ3) is 5.27. The number of nitrogens with one attached hydrogen (secondary N) is 1. The lowest BCUT2D eigenvalue weighted by atomic mass is 9.87. The maximum absolute atomic E-state index is 12.4. The van der Waals surface area contributed by atoms with Crippen molar-refractivity contribution in [3.8, 4) is 0 Å². The zero-order valence-corrected chi connectivity index (χ0v) is 14.8. The minimum absolute atomic E-state index is 0.00164. The van der Waals surface area contributed by atoms with E-state index in [-0.39, 0.29) is 17.9 Å². The lowest BCUT2D eigenvalue weighted by Crippen LogP contribution is -2.34. The lowest BCUT2D eigenvalue weighted by Gasteiger charge is -2.33. The van der Waals surface area contributed by atoms with Crippen LogP contribution in [0.5, 0.6) is 0 Å². The molecule has 1 aliphatic rings. The highest BCUT2D eigenvalue weighted by Crippen LogP contribution is 2.33. The van der Waals surface area contributed by atoms with Gasteiger partial charge in [-0.2, -0.15) is 11.8 Å². The highest BCUT2D eigenvalue weighted by atomic mass is 32.2. The van der Waals surface area contributed by atoms with Gasteiger partial charge in [-0.3, -0.25) is 9.59 Å². The van der Waals surface area contributed by atoms with Crippen LogP contribution < -0.4 is 5.32 Å². The molecule has 1 aromatic rings. The zero-order chi connectivity index (χ0) is 16.7. The molecule has 1 atom stereocenters. The number of benzene rings is 1. The Morgan fingerprint density at radius 2 is 2.13 bits per heavy atom. The van der Waals surface area contributed by atoms with Crippen molar-refractivity contribution in [1.82, 2.24) is 10.2 Å². The summed E-state index contributed by atoms with van der Waals surface area (Å²) in [5, 5.41) is 2.77. The molecule has 2 amide bonds. The number of hydrogen-bond acceptors (Lipinski definition) is 3. The van der Waals surface area contributed by atoms with E-state index in [0.29, 0.717) is 12.3 Å². The van der Waals surface area contributed by atoms with E-state index < -0.39 is 0 Å². The van der Waals surface area contributed by atoms with Gasteiger partial charge in [0.25, 0.3) is 0 Å². The number of thioether (sulfide) groups is 1. The van der Waals surface area contributed by atoms with Crippen molar-refractivity contribution >= 4 is 23.6 Å². The lowest BCUT2D eigenvalue weighted by molar-refractivity contribution is -0.129. The van der Waals surface area contributed by atoms with Gasteiger partial charge in [0.1, 0.15) is 0 Å². The standard InChI is InChI=1S/C18H26N2O2S/c1-14(21)19-11-6-12-23-13-18(22)20(2)17-10-5-8-15-7-3-4-9-16(15)17/h3-4,7,9,17H,5-6,8,10-13H2,1-2H3,(H,19,21)/t17-/m1/s1. The molecular weight excluding hydrogens is 308 g/mol. The minimum Gasteiger partial charge on any atom is -0.356 e. The van der Waals surface area contributed by atoms with Crippen molar-refractivity contribution in [3.63, 3.8) is 0 Å². The average molecular weight is 334 g/mol. The second-order valence-corrected chi connectivity index (χ2v) is 7.11. The van der Waals surface area contributed by atoms with Gasteiger partial charge >= 0.3 is 0 Å². The van der Waals surface area contributed by atoms with Gasteiger partial charge in [0, 0.05) is 20.5 Å². The molecule has 126 valence electrons. The molecule has 5 heteroatoms. The van der Waals surface area contributed by atoms with Crippen LogP contribution in [-0.4, -0.2) is 41.8 Å². The number of carbonyl (C=O) groups excluding carboxylic acids is 2. The van der Waals surface area contributed by atoms with Crippen molar-refractivity contribution in [3.05, 3.63) is 35.4 Å². The molecule has 1 aliphatic carbocycles. The molecule has 0 spiro atoms. The van der Waals surface area contributed by atoms with E-state index in [1.165, 1.54) is 18.1 Å². The quantitative estimate of drug-likeness (QED) is 0.780. The first-order valence-electron chi connectivity index (χ1n) is 8.25. The first-order chi connectivity index (χ1) is 11.1. The molecule has 0 aromatic heterocycles. The second kappa shape index (κ2) is 8.96. The Morgan fingerprint density at radius 3 is 2.91 bits per heavy atom. The summed E-state index contributed by atoms with van der Waals surface area (Å²) >= 11 is 1.64. The third-order valence-electron chi connectivity index (χ3n) is 4.26. The van der Waals surface area contributed by atoms with Gasteiger partial charge < -0.3 is 10.2 Å². The van der Waals surface area contributed by atoms with Gasteiger partial charge in [0.2, 0.25) is 11.8 Å². The highest BCUT2D eigenvalue weighted by Gasteiger charge is 2.26. The van der Waals surface area contributed by atoms with Gasteiger partial charge in [-0.25, -0.2) is 0 Å². The van der Waals surface area contributed by atoms with Crippen LogP contribution in [0.1, 0.15) is 43.4 Å².